The quantitative estimate of drug-likeness (QED) is 0.675. The third-order valence-corrected chi connectivity index (χ3v) is 3.06. The van der Waals surface area contributed by atoms with Crippen LogP contribution in [0.1, 0.15) is 12.0 Å². The molecule has 8 heteroatoms. The number of carbonyl (C=O) groups is 1. The fourth-order valence-corrected chi connectivity index (χ4v) is 1.89. The lowest BCUT2D eigenvalue weighted by Crippen LogP contribution is -2.13. The number of nitrogens with one attached hydrogen (secondary N) is 1. The van der Waals surface area contributed by atoms with E-state index in [2.05, 4.69) is 5.32 Å². The molecule has 0 fully saturated rings. The van der Waals surface area contributed by atoms with Gasteiger partial charge in [0.1, 0.15) is 5.82 Å². The molecule has 0 aliphatic rings. The van der Waals surface area contributed by atoms with Gasteiger partial charge in [0.15, 0.2) is 11.6 Å². The van der Waals surface area contributed by atoms with Crippen molar-refractivity contribution in [3.8, 4) is 0 Å². The number of nitro benzene ring substituents is 1. The second kappa shape index (κ2) is 6.91. The highest BCUT2D eigenvalue weighted by atomic mass is 19.2. The Morgan fingerprint density at radius 3 is 2.39 bits per heavy atom. The topological polar surface area (TPSA) is 72.2 Å². The Labute approximate surface area is 128 Å². The molecule has 0 heterocycles. The van der Waals surface area contributed by atoms with Gasteiger partial charge < -0.3 is 5.32 Å². The summed E-state index contributed by atoms with van der Waals surface area (Å²) in [4.78, 5) is 21.7. The average Bonchev–Trinajstić information content (AvgIpc) is 2.50. The van der Waals surface area contributed by atoms with Crippen LogP contribution >= 0.6 is 0 Å². The second-order valence-corrected chi connectivity index (χ2v) is 4.72. The van der Waals surface area contributed by atoms with Crippen molar-refractivity contribution in [3.63, 3.8) is 0 Å². The Kier molecular flexibility index (Phi) is 4.95. The zero-order chi connectivity index (χ0) is 17.0. The van der Waals surface area contributed by atoms with E-state index >= 15 is 0 Å². The molecular weight excluding hydrogens is 313 g/mol. The SMILES string of the molecule is O=C(CCc1ccc(F)c(F)c1)Nc1cc([N+](=O)[O-])ccc1F. The van der Waals surface area contributed by atoms with Crippen molar-refractivity contribution in [2.75, 3.05) is 5.32 Å². The summed E-state index contributed by atoms with van der Waals surface area (Å²) >= 11 is 0. The van der Waals surface area contributed by atoms with Crippen LogP contribution < -0.4 is 5.32 Å². The first-order valence-electron chi connectivity index (χ1n) is 6.54. The third-order valence-electron chi connectivity index (χ3n) is 3.06. The summed E-state index contributed by atoms with van der Waals surface area (Å²) in [6.45, 7) is 0. The number of non-ortho nitro benzene ring substituents is 1. The predicted molar refractivity (Wildman–Crippen MR) is 76.4 cm³/mol. The van der Waals surface area contributed by atoms with Crippen LogP contribution in [0.3, 0.4) is 0 Å². The van der Waals surface area contributed by atoms with Gasteiger partial charge in [-0.3, -0.25) is 14.9 Å². The number of halogens is 3. The van der Waals surface area contributed by atoms with E-state index in [1.54, 1.807) is 0 Å². The van der Waals surface area contributed by atoms with E-state index in [1.807, 2.05) is 0 Å². The lowest BCUT2D eigenvalue weighted by atomic mass is 10.1. The van der Waals surface area contributed by atoms with Gasteiger partial charge in [0, 0.05) is 18.6 Å². The molecule has 0 unspecified atom stereocenters. The number of rotatable bonds is 5. The smallest absolute Gasteiger partial charge is 0.271 e. The first-order valence-corrected chi connectivity index (χ1v) is 6.54. The van der Waals surface area contributed by atoms with Crippen LogP contribution in [0.15, 0.2) is 36.4 Å². The van der Waals surface area contributed by atoms with E-state index in [0.29, 0.717) is 5.56 Å². The van der Waals surface area contributed by atoms with Gasteiger partial charge in [-0.05, 0) is 30.2 Å². The van der Waals surface area contributed by atoms with Crippen molar-refractivity contribution in [1.29, 1.82) is 0 Å². The van der Waals surface area contributed by atoms with Crippen LogP contribution in [0, 0.1) is 27.6 Å². The highest BCUT2D eigenvalue weighted by Crippen LogP contribution is 2.21. The van der Waals surface area contributed by atoms with Crippen LogP contribution in [0.5, 0.6) is 0 Å². The zero-order valence-corrected chi connectivity index (χ0v) is 11.7. The molecule has 120 valence electrons. The molecule has 0 radical (unpaired) electrons. The number of hydrogen-bond donors (Lipinski definition) is 1. The number of benzene rings is 2. The van der Waals surface area contributed by atoms with Gasteiger partial charge in [-0.1, -0.05) is 6.07 Å². The Hall–Kier alpha value is -2.90. The Bertz CT molecular complexity index is 766. The van der Waals surface area contributed by atoms with Crippen molar-refractivity contribution in [2.45, 2.75) is 12.8 Å². The summed E-state index contributed by atoms with van der Waals surface area (Å²) in [5.41, 5.74) is -0.268. The molecule has 2 aromatic rings. The van der Waals surface area contributed by atoms with E-state index in [-0.39, 0.29) is 24.2 Å². The van der Waals surface area contributed by atoms with Gasteiger partial charge in [-0.25, -0.2) is 13.2 Å². The summed E-state index contributed by atoms with van der Waals surface area (Å²) in [6.07, 6.45) is -0.00716. The molecule has 0 aliphatic heterocycles. The summed E-state index contributed by atoms with van der Waals surface area (Å²) in [6, 6.07) is 6.01. The number of anilines is 1. The third kappa shape index (κ3) is 4.29. The molecule has 0 aliphatic carbocycles. The molecule has 1 amide bonds. The summed E-state index contributed by atoms with van der Waals surface area (Å²) < 4.78 is 39.3. The normalized spacial score (nSPS) is 10.4. The Morgan fingerprint density at radius 1 is 1.04 bits per heavy atom. The molecule has 0 atom stereocenters. The van der Waals surface area contributed by atoms with E-state index in [1.165, 1.54) is 6.07 Å². The lowest BCUT2D eigenvalue weighted by Gasteiger charge is -2.07. The van der Waals surface area contributed by atoms with Crippen LogP contribution in [0.25, 0.3) is 0 Å². The van der Waals surface area contributed by atoms with Crippen LogP contribution in [-0.4, -0.2) is 10.8 Å². The van der Waals surface area contributed by atoms with Gasteiger partial charge in [0.25, 0.3) is 5.69 Å². The highest BCUT2D eigenvalue weighted by molar-refractivity contribution is 5.91. The van der Waals surface area contributed by atoms with Crippen LogP contribution in [0.2, 0.25) is 0 Å². The maximum atomic E-state index is 13.5. The largest absolute Gasteiger partial charge is 0.323 e. The van der Waals surface area contributed by atoms with Crippen molar-refractivity contribution in [2.24, 2.45) is 0 Å². The number of hydrogen-bond acceptors (Lipinski definition) is 3. The molecule has 0 saturated heterocycles. The number of aryl methyl sites for hydroxylation is 1. The first-order chi connectivity index (χ1) is 10.9. The molecule has 1 N–H and O–H groups in total. The molecule has 0 bridgehead atoms. The van der Waals surface area contributed by atoms with Crippen molar-refractivity contribution in [3.05, 3.63) is 69.5 Å². The van der Waals surface area contributed by atoms with Crippen molar-refractivity contribution < 1.29 is 22.9 Å². The summed E-state index contributed by atoms with van der Waals surface area (Å²) in [5, 5.41) is 12.8. The minimum atomic E-state index is -1.02. The van der Waals surface area contributed by atoms with Gasteiger partial charge in [-0.2, -0.15) is 0 Å². The predicted octanol–water partition coefficient (Wildman–Crippen LogP) is 3.58. The number of amides is 1. The van der Waals surface area contributed by atoms with Gasteiger partial charge in [0.2, 0.25) is 5.91 Å². The van der Waals surface area contributed by atoms with Gasteiger partial charge >= 0.3 is 0 Å². The van der Waals surface area contributed by atoms with E-state index in [0.717, 1.165) is 30.3 Å². The van der Waals surface area contributed by atoms with E-state index < -0.39 is 28.3 Å². The molecule has 0 spiro atoms. The molecule has 0 saturated carbocycles. The number of carbonyl (C=O) groups excluding carboxylic acids is 1. The second-order valence-electron chi connectivity index (χ2n) is 4.72. The minimum absolute atomic E-state index is 0.111. The number of nitrogens with zero attached hydrogens (tertiary/aromatic N) is 1. The molecule has 5 nitrogen and oxygen atoms in total. The van der Waals surface area contributed by atoms with E-state index in [9.17, 15) is 28.1 Å². The standard InChI is InChI=1S/C15H11F3N2O3/c16-11-4-1-9(7-13(11)18)2-6-15(21)19-14-8-10(20(22)23)3-5-12(14)17/h1,3-5,7-8H,2,6H2,(H,19,21). The molecular formula is C15H11F3N2O3. The Morgan fingerprint density at radius 2 is 1.74 bits per heavy atom. The highest BCUT2D eigenvalue weighted by Gasteiger charge is 2.13. The summed E-state index contributed by atoms with van der Waals surface area (Å²) in [7, 11) is 0. The van der Waals surface area contributed by atoms with Gasteiger partial charge in [-0.15, -0.1) is 0 Å². The zero-order valence-electron chi connectivity index (χ0n) is 11.7. The van der Waals surface area contributed by atoms with Crippen molar-refractivity contribution >= 4 is 17.3 Å². The maximum Gasteiger partial charge on any atom is 0.271 e. The lowest BCUT2D eigenvalue weighted by molar-refractivity contribution is -0.384. The van der Waals surface area contributed by atoms with Gasteiger partial charge in [0.05, 0.1) is 10.6 Å². The minimum Gasteiger partial charge on any atom is -0.323 e. The number of nitro groups is 1. The van der Waals surface area contributed by atoms with E-state index in [4.69, 9.17) is 0 Å². The van der Waals surface area contributed by atoms with Crippen molar-refractivity contribution in [1.82, 2.24) is 0 Å². The monoisotopic (exact) mass is 324 g/mol. The Balaban J connectivity index is 2.00. The fraction of sp³-hybridized carbons (Fsp3) is 0.133. The maximum absolute atomic E-state index is 13.5. The molecule has 2 aromatic carbocycles. The van der Waals surface area contributed by atoms with Crippen LogP contribution in [-0.2, 0) is 11.2 Å². The molecule has 0 aromatic heterocycles. The first kappa shape index (κ1) is 16.5. The molecule has 23 heavy (non-hydrogen) atoms. The fourth-order valence-electron chi connectivity index (χ4n) is 1.89. The average molecular weight is 324 g/mol. The van der Waals surface area contributed by atoms with Crippen LogP contribution in [0.4, 0.5) is 24.5 Å². The molecule has 2 rings (SSSR count). The summed E-state index contributed by atoms with van der Waals surface area (Å²) in [5.74, 6) is -3.42.